The first kappa shape index (κ1) is 14.2. The standard InChI is InChI=1S/C12H20N4O2/c1-5-10-8(2)12(16(4)15-10)14-11(18)6-7-13-9(3)17/h5-7H2,1-4H3,(H,13,17)(H,14,18). The van der Waals surface area contributed by atoms with Gasteiger partial charge < -0.3 is 10.6 Å². The maximum Gasteiger partial charge on any atom is 0.227 e. The molecule has 1 heterocycles. The van der Waals surface area contributed by atoms with Gasteiger partial charge in [-0.1, -0.05) is 6.92 Å². The Bertz CT molecular complexity index is 451. The highest BCUT2D eigenvalue weighted by Crippen LogP contribution is 2.18. The quantitative estimate of drug-likeness (QED) is 0.812. The molecule has 0 fully saturated rings. The monoisotopic (exact) mass is 252 g/mol. The van der Waals surface area contributed by atoms with Gasteiger partial charge in [0.05, 0.1) is 5.69 Å². The zero-order valence-electron chi connectivity index (χ0n) is 11.3. The minimum atomic E-state index is -0.132. The van der Waals surface area contributed by atoms with Gasteiger partial charge in [0.2, 0.25) is 11.8 Å². The van der Waals surface area contributed by atoms with Crippen LogP contribution >= 0.6 is 0 Å². The third-order valence-electron chi connectivity index (χ3n) is 2.70. The number of rotatable bonds is 5. The summed E-state index contributed by atoms with van der Waals surface area (Å²) >= 11 is 0. The van der Waals surface area contributed by atoms with Gasteiger partial charge in [-0.3, -0.25) is 14.3 Å². The highest BCUT2D eigenvalue weighted by molar-refractivity contribution is 5.91. The summed E-state index contributed by atoms with van der Waals surface area (Å²) < 4.78 is 1.67. The fourth-order valence-corrected chi connectivity index (χ4v) is 1.74. The molecule has 0 spiro atoms. The van der Waals surface area contributed by atoms with E-state index in [4.69, 9.17) is 0 Å². The van der Waals surface area contributed by atoms with Crippen LogP contribution in [0, 0.1) is 6.92 Å². The zero-order chi connectivity index (χ0) is 13.7. The van der Waals surface area contributed by atoms with Crippen molar-refractivity contribution in [1.29, 1.82) is 0 Å². The fraction of sp³-hybridized carbons (Fsp3) is 0.583. The normalized spacial score (nSPS) is 10.2. The molecule has 6 nitrogen and oxygen atoms in total. The van der Waals surface area contributed by atoms with Gasteiger partial charge in [-0.25, -0.2) is 0 Å². The molecule has 100 valence electrons. The molecule has 0 aliphatic carbocycles. The molecule has 0 saturated heterocycles. The molecule has 0 aliphatic rings. The predicted octanol–water partition coefficient (Wildman–Crippen LogP) is 0.756. The SMILES string of the molecule is CCc1nn(C)c(NC(=O)CCNC(C)=O)c1C. The van der Waals surface area contributed by atoms with E-state index < -0.39 is 0 Å². The molecule has 2 N–H and O–H groups in total. The lowest BCUT2D eigenvalue weighted by Gasteiger charge is -2.07. The molecule has 0 saturated carbocycles. The first-order chi connectivity index (χ1) is 8.45. The molecule has 0 radical (unpaired) electrons. The lowest BCUT2D eigenvalue weighted by atomic mass is 10.2. The van der Waals surface area contributed by atoms with E-state index in [0.29, 0.717) is 6.54 Å². The Balaban J connectivity index is 2.59. The van der Waals surface area contributed by atoms with E-state index in [1.807, 2.05) is 13.8 Å². The summed E-state index contributed by atoms with van der Waals surface area (Å²) in [5.74, 6) is 0.463. The van der Waals surface area contributed by atoms with Crippen molar-refractivity contribution in [1.82, 2.24) is 15.1 Å². The van der Waals surface area contributed by atoms with Crippen LogP contribution in [-0.4, -0.2) is 28.1 Å². The van der Waals surface area contributed by atoms with Crippen LogP contribution in [0.2, 0.25) is 0 Å². The largest absolute Gasteiger partial charge is 0.356 e. The van der Waals surface area contributed by atoms with E-state index >= 15 is 0 Å². The summed E-state index contributed by atoms with van der Waals surface area (Å²) in [5, 5.41) is 9.73. The number of hydrogen-bond acceptors (Lipinski definition) is 3. The van der Waals surface area contributed by atoms with Gasteiger partial charge in [0.25, 0.3) is 0 Å². The second-order valence-corrected chi connectivity index (χ2v) is 4.18. The van der Waals surface area contributed by atoms with Crippen LogP contribution in [0.4, 0.5) is 5.82 Å². The van der Waals surface area contributed by atoms with Crippen LogP contribution in [0.3, 0.4) is 0 Å². The number of aromatic nitrogens is 2. The second kappa shape index (κ2) is 6.18. The third-order valence-corrected chi connectivity index (χ3v) is 2.70. The van der Waals surface area contributed by atoms with Crippen molar-refractivity contribution in [2.75, 3.05) is 11.9 Å². The molecule has 1 aromatic heterocycles. The zero-order valence-corrected chi connectivity index (χ0v) is 11.3. The van der Waals surface area contributed by atoms with E-state index in [-0.39, 0.29) is 18.2 Å². The Morgan fingerprint density at radius 3 is 2.56 bits per heavy atom. The molecule has 1 aromatic rings. The van der Waals surface area contributed by atoms with Gasteiger partial charge in [-0.2, -0.15) is 5.10 Å². The highest BCUT2D eigenvalue weighted by atomic mass is 16.2. The fourth-order valence-electron chi connectivity index (χ4n) is 1.74. The van der Waals surface area contributed by atoms with Gasteiger partial charge in [0.15, 0.2) is 0 Å². The number of anilines is 1. The molecule has 0 unspecified atom stereocenters. The van der Waals surface area contributed by atoms with Crippen molar-refractivity contribution in [2.45, 2.75) is 33.6 Å². The third kappa shape index (κ3) is 3.58. The summed E-state index contributed by atoms with van der Waals surface area (Å²) in [4.78, 5) is 22.4. The van der Waals surface area contributed by atoms with E-state index in [1.54, 1.807) is 11.7 Å². The first-order valence-electron chi connectivity index (χ1n) is 6.02. The minimum Gasteiger partial charge on any atom is -0.356 e. The molecule has 1 rings (SSSR count). The number of amides is 2. The summed E-state index contributed by atoms with van der Waals surface area (Å²) in [5.41, 5.74) is 1.97. The molecule has 0 aliphatic heterocycles. The molecule has 2 amide bonds. The molecule has 0 atom stereocenters. The average Bonchev–Trinajstić information content (AvgIpc) is 2.56. The number of carbonyl (C=O) groups is 2. The second-order valence-electron chi connectivity index (χ2n) is 4.18. The molecule has 18 heavy (non-hydrogen) atoms. The van der Waals surface area contributed by atoms with Crippen molar-refractivity contribution in [3.8, 4) is 0 Å². The minimum absolute atomic E-state index is 0.127. The Labute approximate surface area is 107 Å². The van der Waals surface area contributed by atoms with Gasteiger partial charge in [-0.15, -0.1) is 0 Å². The van der Waals surface area contributed by atoms with Gasteiger partial charge >= 0.3 is 0 Å². The van der Waals surface area contributed by atoms with E-state index in [2.05, 4.69) is 15.7 Å². The number of carbonyl (C=O) groups excluding carboxylic acids is 2. The molecule has 0 bridgehead atoms. The van der Waals surface area contributed by atoms with E-state index in [0.717, 1.165) is 23.5 Å². The van der Waals surface area contributed by atoms with Crippen LogP contribution in [0.5, 0.6) is 0 Å². The maximum absolute atomic E-state index is 11.7. The highest BCUT2D eigenvalue weighted by Gasteiger charge is 2.13. The van der Waals surface area contributed by atoms with Crippen molar-refractivity contribution < 1.29 is 9.59 Å². The topological polar surface area (TPSA) is 76.0 Å². The average molecular weight is 252 g/mol. The molecular formula is C12H20N4O2. The lowest BCUT2D eigenvalue weighted by Crippen LogP contribution is -2.25. The van der Waals surface area contributed by atoms with Crippen molar-refractivity contribution in [2.24, 2.45) is 7.05 Å². The summed E-state index contributed by atoms with van der Waals surface area (Å²) in [6, 6.07) is 0. The molecule has 6 heteroatoms. The van der Waals surface area contributed by atoms with E-state index in [1.165, 1.54) is 6.92 Å². The van der Waals surface area contributed by atoms with Crippen molar-refractivity contribution in [3.63, 3.8) is 0 Å². The lowest BCUT2D eigenvalue weighted by molar-refractivity contribution is -0.119. The van der Waals surface area contributed by atoms with Gasteiger partial charge in [-0.05, 0) is 13.3 Å². The van der Waals surface area contributed by atoms with Crippen LogP contribution in [0.15, 0.2) is 0 Å². The molecular weight excluding hydrogens is 232 g/mol. The Morgan fingerprint density at radius 1 is 1.39 bits per heavy atom. The van der Waals surface area contributed by atoms with Gasteiger partial charge in [0, 0.05) is 32.5 Å². The van der Waals surface area contributed by atoms with E-state index in [9.17, 15) is 9.59 Å². The predicted molar refractivity (Wildman–Crippen MR) is 69.3 cm³/mol. The number of nitrogens with one attached hydrogen (secondary N) is 2. The Kier molecular flexibility index (Phi) is 4.88. The van der Waals surface area contributed by atoms with Crippen LogP contribution < -0.4 is 10.6 Å². The Morgan fingerprint density at radius 2 is 2.06 bits per heavy atom. The van der Waals surface area contributed by atoms with Crippen LogP contribution in [0.25, 0.3) is 0 Å². The van der Waals surface area contributed by atoms with Crippen LogP contribution in [-0.2, 0) is 23.1 Å². The van der Waals surface area contributed by atoms with Crippen LogP contribution in [0.1, 0.15) is 31.5 Å². The Hall–Kier alpha value is -1.85. The molecule has 0 aromatic carbocycles. The smallest absolute Gasteiger partial charge is 0.227 e. The number of nitrogens with zero attached hydrogens (tertiary/aromatic N) is 2. The van der Waals surface area contributed by atoms with Crippen molar-refractivity contribution in [3.05, 3.63) is 11.3 Å². The maximum atomic E-state index is 11.7. The number of aryl methyl sites for hydroxylation is 2. The summed E-state index contributed by atoms with van der Waals surface area (Å²) in [7, 11) is 1.80. The summed E-state index contributed by atoms with van der Waals surface area (Å²) in [6.07, 6.45) is 1.09. The number of hydrogen-bond donors (Lipinski definition) is 2. The summed E-state index contributed by atoms with van der Waals surface area (Å²) in [6.45, 7) is 5.74. The van der Waals surface area contributed by atoms with Crippen molar-refractivity contribution >= 4 is 17.6 Å². The van der Waals surface area contributed by atoms with Gasteiger partial charge in [0.1, 0.15) is 5.82 Å². The first-order valence-corrected chi connectivity index (χ1v) is 6.02.